The number of benzene rings is 1. The van der Waals surface area contributed by atoms with E-state index in [1.807, 2.05) is 6.92 Å². The van der Waals surface area contributed by atoms with Crippen molar-refractivity contribution in [2.24, 2.45) is 0 Å². The van der Waals surface area contributed by atoms with Crippen molar-refractivity contribution in [1.82, 2.24) is 0 Å². The molecule has 0 radical (unpaired) electrons. The predicted octanol–water partition coefficient (Wildman–Crippen LogP) is 1.66. The van der Waals surface area contributed by atoms with Crippen LogP contribution in [0.3, 0.4) is 0 Å². The average Bonchev–Trinajstić information content (AvgIpc) is 2.04. The molecule has 1 unspecified atom stereocenters. The fourth-order valence-electron chi connectivity index (χ4n) is 0.891. The first kappa shape index (κ1) is 10.4. The molecule has 0 aliphatic rings. The fraction of sp³-hybridized carbons (Fsp3) is 0.250. The quantitative estimate of drug-likeness (QED) is 0.838. The van der Waals surface area contributed by atoms with Gasteiger partial charge in [-0.25, -0.2) is 4.21 Å². The molecule has 0 saturated heterocycles. The van der Waals surface area contributed by atoms with Gasteiger partial charge in [-0.1, -0.05) is 6.07 Å². The highest BCUT2D eigenvalue weighted by Crippen LogP contribution is 2.17. The second-order valence-corrected chi connectivity index (χ2v) is 5.16. The molecule has 0 aliphatic heterocycles. The van der Waals surface area contributed by atoms with Gasteiger partial charge < -0.3 is 9.29 Å². The zero-order chi connectivity index (χ0) is 9.90. The third kappa shape index (κ3) is 2.95. The molecule has 1 aromatic carbocycles. The Kier molecular flexibility index (Phi) is 3.24. The highest BCUT2D eigenvalue weighted by atomic mass is 32.8. The monoisotopic (exact) mass is 218 g/mol. The summed E-state index contributed by atoms with van der Waals surface area (Å²) in [6.45, 7) is 2.37. The lowest BCUT2D eigenvalue weighted by Crippen LogP contribution is -1.97. The van der Waals surface area contributed by atoms with E-state index in [-0.39, 0.29) is 4.90 Å². The predicted molar refractivity (Wildman–Crippen MR) is 54.0 cm³/mol. The zero-order valence-corrected chi connectivity index (χ0v) is 8.73. The van der Waals surface area contributed by atoms with Crippen LogP contribution in [0, 0.1) is 0 Å². The van der Waals surface area contributed by atoms with Crippen molar-refractivity contribution < 1.29 is 13.5 Å². The Morgan fingerprint density at radius 3 is 2.85 bits per heavy atom. The van der Waals surface area contributed by atoms with Crippen LogP contribution in [-0.2, 0) is 20.0 Å². The molecule has 0 spiro atoms. The number of ether oxygens (including phenoxy) is 1. The van der Waals surface area contributed by atoms with Crippen LogP contribution in [-0.4, -0.2) is 15.4 Å². The third-order valence-electron chi connectivity index (χ3n) is 1.41. The molecular weight excluding hydrogens is 208 g/mol. The maximum Gasteiger partial charge on any atom is 0.171 e. The van der Waals surface area contributed by atoms with E-state index in [0.717, 1.165) is 0 Å². The molecule has 0 bridgehead atoms. The number of hydrogen-bond donors (Lipinski definition) is 1. The lowest BCUT2D eigenvalue weighted by Gasteiger charge is -2.04. The minimum Gasteiger partial charge on any atom is -0.494 e. The van der Waals surface area contributed by atoms with Crippen molar-refractivity contribution in [2.45, 2.75) is 11.8 Å². The molecule has 1 N–H and O–H groups in total. The van der Waals surface area contributed by atoms with E-state index >= 15 is 0 Å². The summed E-state index contributed by atoms with van der Waals surface area (Å²) in [6, 6.07) is 6.35. The summed E-state index contributed by atoms with van der Waals surface area (Å²) in [4.78, 5) is 0.216. The SMILES string of the molecule is CCOc1cccc(S(=O)(O)=S)c1. The first-order valence-corrected chi connectivity index (χ1v) is 6.18. The van der Waals surface area contributed by atoms with Gasteiger partial charge in [-0.05, 0) is 25.1 Å². The molecular formula is C8H10O3S2. The van der Waals surface area contributed by atoms with Crippen LogP contribution < -0.4 is 4.74 Å². The van der Waals surface area contributed by atoms with Gasteiger partial charge in [0.25, 0.3) is 0 Å². The summed E-state index contributed by atoms with van der Waals surface area (Å²) in [7, 11) is -3.29. The molecule has 13 heavy (non-hydrogen) atoms. The van der Waals surface area contributed by atoms with Crippen LogP contribution in [0.15, 0.2) is 29.2 Å². The van der Waals surface area contributed by atoms with Crippen LogP contribution >= 0.6 is 0 Å². The Bertz CT molecular complexity index is 384. The van der Waals surface area contributed by atoms with Crippen LogP contribution in [0.4, 0.5) is 0 Å². The Hall–Kier alpha value is -0.650. The Balaban J connectivity index is 3.06. The normalized spacial score (nSPS) is 14.9. The lowest BCUT2D eigenvalue weighted by molar-refractivity contribution is 0.339. The van der Waals surface area contributed by atoms with Crippen molar-refractivity contribution >= 4 is 20.0 Å². The van der Waals surface area contributed by atoms with Crippen molar-refractivity contribution in [3.8, 4) is 5.75 Å². The van der Waals surface area contributed by atoms with E-state index in [1.54, 1.807) is 12.1 Å². The Labute approximate surface area is 82.2 Å². The van der Waals surface area contributed by atoms with E-state index in [9.17, 15) is 4.21 Å². The Morgan fingerprint density at radius 1 is 1.62 bits per heavy atom. The summed E-state index contributed by atoms with van der Waals surface area (Å²) in [5, 5.41) is 0. The fourth-order valence-corrected chi connectivity index (χ4v) is 1.72. The molecule has 3 nitrogen and oxygen atoms in total. The largest absolute Gasteiger partial charge is 0.494 e. The van der Waals surface area contributed by atoms with Gasteiger partial charge >= 0.3 is 0 Å². The van der Waals surface area contributed by atoms with Crippen LogP contribution in [0.5, 0.6) is 5.75 Å². The summed E-state index contributed by atoms with van der Waals surface area (Å²) < 4.78 is 25.3. The summed E-state index contributed by atoms with van der Waals surface area (Å²) in [6.07, 6.45) is 0. The topological polar surface area (TPSA) is 46.5 Å². The van der Waals surface area contributed by atoms with Gasteiger partial charge in [-0.15, -0.1) is 0 Å². The second kappa shape index (κ2) is 4.04. The standard InChI is InChI=1S/C8H10O3S2/c1-2-11-7-4-3-5-8(6-7)13(9,10)12/h3-6H,2H2,1H3,(H,9,10,12). The van der Waals surface area contributed by atoms with E-state index in [2.05, 4.69) is 11.2 Å². The summed E-state index contributed by atoms with van der Waals surface area (Å²) in [5.41, 5.74) is 0. The average molecular weight is 218 g/mol. The maximum atomic E-state index is 11.1. The molecule has 0 saturated carbocycles. The van der Waals surface area contributed by atoms with E-state index in [1.165, 1.54) is 12.1 Å². The highest BCUT2D eigenvalue weighted by molar-refractivity contribution is 8.29. The van der Waals surface area contributed by atoms with E-state index < -0.39 is 8.77 Å². The molecule has 1 rings (SSSR count). The molecule has 0 heterocycles. The van der Waals surface area contributed by atoms with Gasteiger partial charge in [0.05, 0.1) is 11.5 Å². The second-order valence-electron chi connectivity index (χ2n) is 2.38. The molecule has 0 aromatic heterocycles. The number of hydrogen-bond acceptors (Lipinski definition) is 3. The molecule has 1 atom stereocenters. The summed E-state index contributed by atoms with van der Waals surface area (Å²) >= 11 is 4.42. The molecule has 0 amide bonds. The van der Waals surface area contributed by atoms with Crippen LogP contribution in [0.1, 0.15) is 6.92 Å². The zero-order valence-electron chi connectivity index (χ0n) is 7.10. The minimum absolute atomic E-state index is 0.216. The molecule has 72 valence electrons. The van der Waals surface area contributed by atoms with Gasteiger partial charge in [0, 0.05) is 11.2 Å². The van der Waals surface area contributed by atoms with Gasteiger partial charge in [-0.2, -0.15) is 0 Å². The third-order valence-corrected chi connectivity index (χ3v) is 2.84. The molecule has 1 aromatic rings. The van der Waals surface area contributed by atoms with E-state index in [4.69, 9.17) is 9.29 Å². The molecule has 0 fully saturated rings. The van der Waals surface area contributed by atoms with Gasteiger partial charge in [-0.3, -0.25) is 0 Å². The lowest BCUT2D eigenvalue weighted by atomic mass is 10.3. The first-order chi connectivity index (χ1) is 6.04. The van der Waals surface area contributed by atoms with Crippen molar-refractivity contribution in [1.29, 1.82) is 0 Å². The van der Waals surface area contributed by atoms with Gasteiger partial charge in [0.15, 0.2) is 8.77 Å². The summed E-state index contributed by atoms with van der Waals surface area (Å²) in [5.74, 6) is 0.562. The van der Waals surface area contributed by atoms with Gasteiger partial charge in [0.1, 0.15) is 5.75 Å². The molecule has 0 aliphatic carbocycles. The van der Waals surface area contributed by atoms with Crippen molar-refractivity contribution in [2.75, 3.05) is 6.61 Å². The highest BCUT2D eigenvalue weighted by Gasteiger charge is 2.05. The van der Waals surface area contributed by atoms with E-state index in [0.29, 0.717) is 12.4 Å². The van der Waals surface area contributed by atoms with Crippen molar-refractivity contribution in [3.63, 3.8) is 0 Å². The van der Waals surface area contributed by atoms with Gasteiger partial charge in [0.2, 0.25) is 0 Å². The smallest absolute Gasteiger partial charge is 0.171 e. The first-order valence-electron chi connectivity index (χ1n) is 3.74. The minimum atomic E-state index is -3.29. The van der Waals surface area contributed by atoms with Crippen LogP contribution in [0.25, 0.3) is 0 Å². The maximum absolute atomic E-state index is 11.1. The molecule has 5 heteroatoms. The van der Waals surface area contributed by atoms with Crippen LogP contribution in [0.2, 0.25) is 0 Å². The van der Waals surface area contributed by atoms with Crippen molar-refractivity contribution in [3.05, 3.63) is 24.3 Å². The number of rotatable bonds is 3. The Morgan fingerprint density at radius 2 is 2.31 bits per heavy atom.